The first-order valence-corrected chi connectivity index (χ1v) is 7.08. The van der Waals surface area contributed by atoms with Crippen molar-refractivity contribution >= 4 is 11.6 Å². The van der Waals surface area contributed by atoms with Crippen LogP contribution in [0.1, 0.15) is 37.7 Å². The normalized spacial score (nSPS) is 10.9. The molecule has 1 amide bonds. The largest absolute Gasteiger partial charge is 0.397 e. The van der Waals surface area contributed by atoms with Gasteiger partial charge in [0, 0.05) is 19.3 Å². The number of rotatable bonds is 8. The topological polar surface area (TPSA) is 63.3 Å². The SMILES string of the molecule is CCN(CC)CCCNC(=O)c1cc(N)cn1CC. The van der Waals surface area contributed by atoms with Gasteiger partial charge in [-0.05, 0) is 39.0 Å². The minimum absolute atomic E-state index is 0.0434. The van der Waals surface area contributed by atoms with Gasteiger partial charge in [-0.15, -0.1) is 0 Å². The summed E-state index contributed by atoms with van der Waals surface area (Å²) in [5.74, 6) is -0.0434. The number of hydrogen-bond donors (Lipinski definition) is 2. The maximum atomic E-state index is 12.0. The average Bonchev–Trinajstić information content (AvgIpc) is 2.80. The van der Waals surface area contributed by atoms with Gasteiger partial charge in [-0.25, -0.2) is 0 Å². The lowest BCUT2D eigenvalue weighted by Gasteiger charge is -2.17. The number of anilines is 1. The molecule has 0 aliphatic heterocycles. The standard InChI is InChI=1S/C14H26N4O/c1-4-17(5-2)9-7-8-16-14(19)13-10-12(15)11-18(13)6-3/h10-11H,4-9,15H2,1-3H3,(H,16,19). The molecule has 0 aromatic carbocycles. The molecule has 0 bridgehead atoms. The Morgan fingerprint density at radius 1 is 1.37 bits per heavy atom. The van der Waals surface area contributed by atoms with Crippen LogP contribution in [0.2, 0.25) is 0 Å². The van der Waals surface area contributed by atoms with Gasteiger partial charge >= 0.3 is 0 Å². The van der Waals surface area contributed by atoms with E-state index in [4.69, 9.17) is 5.73 Å². The van der Waals surface area contributed by atoms with Gasteiger partial charge in [-0.2, -0.15) is 0 Å². The molecule has 0 saturated heterocycles. The number of amides is 1. The van der Waals surface area contributed by atoms with E-state index in [0.29, 0.717) is 17.9 Å². The Balaban J connectivity index is 2.39. The molecule has 0 fully saturated rings. The Labute approximate surface area is 115 Å². The van der Waals surface area contributed by atoms with Crippen molar-refractivity contribution in [1.29, 1.82) is 0 Å². The summed E-state index contributed by atoms with van der Waals surface area (Å²) in [7, 11) is 0. The number of aryl methyl sites for hydroxylation is 1. The number of nitrogen functional groups attached to an aromatic ring is 1. The first kappa shape index (κ1) is 15.6. The minimum atomic E-state index is -0.0434. The fraction of sp³-hybridized carbons (Fsp3) is 0.643. The highest BCUT2D eigenvalue weighted by Gasteiger charge is 2.11. The van der Waals surface area contributed by atoms with Crippen molar-refractivity contribution < 1.29 is 4.79 Å². The van der Waals surface area contributed by atoms with Crippen LogP contribution in [0.25, 0.3) is 0 Å². The molecular formula is C14H26N4O. The van der Waals surface area contributed by atoms with Gasteiger partial charge in [0.15, 0.2) is 0 Å². The smallest absolute Gasteiger partial charge is 0.267 e. The van der Waals surface area contributed by atoms with Crippen LogP contribution in [0, 0.1) is 0 Å². The molecule has 0 radical (unpaired) electrons. The van der Waals surface area contributed by atoms with Crippen LogP contribution >= 0.6 is 0 Å². The zero-order chi connectivity index (χ0) is 14.3. The molecule has 1 rings (SSSR count). The second kappa shape index (κ2) is 7.84. The molecule has 0 aliphatic rings. The second-order valence-electron chi connectivity index (χ2n) is 4.58. The van der Waals surface area contributed by atoms with Gasteiger partial charge in [-0.3, -0.25) is 4.79 Å². The number of aromatic nitrogens is 1. The Morgan fingerprint density at radius 2 is 2.05 bits per heavy atom. The third-order valence-corrected chi connectivity index (χ3v) is 3.32. The van der Waals surface area contributed by atoms with Crippen LogP contribution in [-0.2, 0) is 6.54 Å². The minimum Gasteiger partial charge on any atom is -0.397 e. The average molecular weight is 266 g/mol. The molecule has 0 spiro atoms. The molecule has 1 heterocycles. The van der Waals surface area contributed by atoms with Crippen LogP contribution in [0.4, 0.5) is 5.69 Å². The Bertz CT molecular complexity index is 396. The summed E-state index contributed by atoms with van der Waals surface area (Å²) in [6.07, 6.45) is 2.76. The predicted molar refractivity (Wildman–Crippen MR) is 79.3 cm³/mol. The van der Waals surface area contributed by atoms with Gasteiger partial charge in [0.2, 0.25) is 0 Å². The third kappa shape index (κ3) is 4.59. The highest BCUT2D eigenvalue weighted by atomic mass is 16.1. The maximum Gasteiger partial charge on any atom is 0.267 e. The molecule has 1 aromatic heterocycles. The number of nitrogens with zero attached hydrogens (tertiary/aromatic N) is 2. The Morgan fingerprint density at radius 3 is 2.63 bits per heavy atom. The molecular weight excluding hydrogens is 240 g/mol. The Hall–Kier alpha value is -1.49. The maximum absolute atomic E-state index is 12.0. The van der Waals surface area contributed by atoms with Crippen LogP contribution in [-0.4, -0.2) is 41.6 Å². The van der Waals surface area contributed by atoms with Crippen LogP contribution in [0.5, 0.6) is 0 Å². The van der Waals surface area contributed by atoms with E-state index in [2.05, 4.69) is 24.1 Å². The van der Waals surface area contributed by atoms with Crippen molar-refractivity contribution in [2.24, 2.45) is 0 Å². The lowest BCUT2D eigenvalue weighted by atomic mass is 10.3. The van der Waals surface area contributed by atoms with E-state index < -0.39 is 0 Å². The third-order valence-electron chi connectivity index (χ3n) is 3.32. The van der Waals surface area contributed by atoms with Gasteiger partial charge in [0.1, 0.15) is 5.69 Å². The summed E-state index contributed by atoms with van der Waals surface area (Å²) in [5, 5.41) is 2.95. The second-order valence-corrected chi connectivity index (χ2v) is 4.58. The lowest BCUT2D eigenvalue weighted by Crippen LogP contribution is -2.30. The summed E-state index contributed by atoms with van der Waals surface area (Å²) in [5.41, 5.74) is 6.99. The van der Waals surface area contributed by atoms with Gasteiger partial charge < -0.3 is 20.5 Å². The predicted octanol–water partition coefficient (Wildman–Crippen LogP) is 1.55. The van der Waals surface area contributed by atoms with Gasteiger partial charge in [0.25, 0.3) is 5.91 Å². The first-order valence-electron chi connectivity index (χ1n) is 7.08. The van der Waals surface area contributed by atoms with Gasteiger partial charge in [-0.1, -0.05) is 13.8 Å². The van der Waals surface area contributed by atoms with Crippen molar-refractivity contribution in [3.63, 3.8) is 0 Å². The van der Waals surface area contributed by atoms with Crippen LogP contribution < -0.4 is 11.1 Å². The monoisotopic (exact) mass is 266 g/mol. The van der Waals surface area contributed by atoms with E-state index in [1.54, 1.807) is 12.3 Å². The quantitative estimate of drug-likeness (QED) is 0.702. The number of hydrogen-bond acceptors (Lipinski definition) is 3. The summed E-state index contributed by atoms with van der Waals surface area (Å²) in [6, 6.07) is 1.73. The number of carbonyl (C=O) groups excluding carboxylic acids is 1. The molecule has 0 saturated carbocycles. The molecule has 0 unspecified atom stereocenters. The summed E-state index contributed by atoms with van der Waals surface area (Å²) >= 11 is 0. The summed E-state index contributed by atoms with van der Waals surface area (Å²) < 4.78 is 1.87. The fourth-order valence-electron chi connectivity index (χ4n) is 2.12. The van der Waals surface area contributed by atoms with E-state index in [-0.39, 0.29) is 5.91 Å². The molecule has 19 heavy (non-hydrogen) atoms. The van der Waals surface area contributed by atoms with E-state index in [1.807, 2.05) is 11.5 Å². The highest BCUT2D eigenvalue weighted by molar-refractivity contribution is 5.93. The molecule has 3 N–H and O–H groups in total. The Kier molecular flexibility index (Phi) is 6.42. The van der Waals surface area contributed by atoms with E-state index in [0.717, 1.165) is 32.6 Å². The van der Waals surface area contributed by atoms with Crippen LogP contribution in [0.3, 0.4) is 0 Å². The van der Waals surface area contributed by atoms with Crippen molar-refractivity contribution in [3.8, 4) is 0 Å². The molecule has 0 atom stereocenters. The number of nitrogens with two attached hydrogens (primary N) is 1. The van der Waals surface area contributed by atoms with Gasteiger partial charge in [0.05, 0.1) is 5.69 Å². The number of nitrogens with one attached hydrogen (secondary N) is 1. The molecule has 5 heteroatoms. The molecule has 5 nitrogen and oxygen atoms in total. The number of carbonyl (C=O) groups is 1. The molecule has 108 valence electrons. The fourth-order valence-corrected chi connectivity index (χ4v) is 2.12. The van der Waals surface area contributed by atoms with E-state index in [1.165, 1.54) is 0 Å². The van der Waals surface area contributed by atoms with E-state index >= 15 is 0 Å². The molecule has 0 aliphatic carbocycles. The first-order chi connectivity index (χ1) is 9.12. The summed E-state index contributed by atoms with van der Waals surface area (Å²) in [4.78, 5) is 14.4. The molecule has 1 aromatic rings. The zero-order valence-electron chi connectivity index (χ0n) is 12.3. The van der Waals surface area contributed by atoms with Crippen molar-refractivity contribution in [2.75, 3.05) is 31.9 Å². The van der Waals surface area contributed by atoms with E-state index in [9.17, 15) is 4.79 Å². The van der Waals surface area contributed by atoms with Crippen molar-refractivity contribution in [3.05, 3.63) is 18.0 Å². The van der Waals surface area contributed by atoms with Crippen LogP contribution in [0.15, 0.2) is 12.3 Å². The summed E-state index contributed by atoms with van der Waals surface area (Å²) in [6.45, 7) is 10.9. The van der Waals surface area contributed by atoms with Crippen molar-refractivity contribution in [2.45, 2.75) is 33.7 Å². The lowest BCUT2D eigenvalue weighted by molar-refractivity contribution is 0.0942. The van der Waals surface area contributed by atoms with Crippen molar-refractivity contribution in [1.82, 2.24) is 14.8 Å². The zero-order valence-corrected chi connectivity index (χ0v) is 12.3. The highest BCUT2D eigenvalue weighted by Crippen LogP contribution is 2.10.